The molecule has 2 aromatic rings. The summed E-state index contributed by atoms with van der Waals surface area (Å²) in [6, 6.07) is 12.8. The lowest BCUT2D eigenvalue weighted by Crippen LogP contribution is -2.47. The Hall–Kier alpha value is -3.55. The molecule has 32 heavy (non-hydrogen) atoms. The third-order valence-corrected chi connectivity index (χ3v) is 5.88. The van der Waals surface area contributed by atoms with Crippen LogP contribution in [0.15, 0.2) is 64.8 Å². The van der Waals surface area contributed by atoms with Crippen LogP contribution in [0.4, 0.5) is 5.69 Å². The number of amides is 1. The first-order valence-electron chi connectivity index (χ1n) is 10.9. The van der Waals surface area contributed by atoms with Crippen molar-refractivity contribution in [2.24, 2.45) is 15.9 Å². The molecule has 0 spiro atoms. The van der Waals surface area contributed by atoms with E-state index in [4.69, 9.17) is 0 Å². The van der Waals surface area contributed by atoms with Crippen molar-refractivity contribution in [3.63, 3.8) is 0 Å². The standard InChI is InChI=1S/C24H27N5O3/c30-23(18-8-11-29(12-9-18)20-7-4-10-25-16-20)28-21(24(31)32)14-19-15-26-22(27-19)13-17-5-2-1-3-6-17/h1-7,10,15-16,18,21-22H,8-9,11-14H2,(H,28,30)(H,31,32). The second-order valence-electron chi connectivity index (χ2n) is 8.15. The normalized spacial score (nSPS) is 19.4. The van der Waals surface area contributed by atoms with Crippen LogP contribution in [0.1, 0.15) is 24.8 Å². The summed E-state index contributed by atoms with van der Waals surface area (Å²) in [7, 11) is 0. The average Bonchev–Trinajstić information content (AvgIpc) is 3.26. The van der Waals surface area contributed by atoms with Gasteiger partial charge in [-0.3, -0.25) is 19.8 Å². The van der Waals surface area contributed by atoms with Crippen molar-refractivity contribution in [2.45, 2.75) is 37.9 Å². The van der Waals surface area contributed by atoms with Crippen molar-refractivity contribution in [1.82, 2.24) is 10.3 Å². The minimum absolute atomic E-state index is 0.129. The largest absolute Gasteiger partial charge is 0.480 e. The van der Waals surface area contributed by atoms with Gasteiger partial charge in [0, 0.05) is 44.3 Å². The molecule has 1 saturated heterocycles. The molecule has 2 aliphatic rings. The van der Waals surface area contributed by atoms with E-state index in [2.05, 4.69) is 25.2 Å². The minimum Gasteiger partial charge on any atom is -0.480 e. The van der Waals surface area contributed by atoms with Crippen LogP contribution in [-0.4, -0.2) is 59.2 Å². The van der Waals surface area contributed by atoms with Gasteiger partial charge in [0.2, 0.25) is 5.91 Å². The molecule has 0 aliphatic carbocycles. The molecule has 2 unspecified atom stereocenters. The number of hydrogen-bond donors (Lipinski definition) is 2. The summed E-state index contributed by atoms with van der Waals surface area (Å²) in [4.78, 5) is 39.8. The molecule has 1 fully saturated rings. The predicted molar refractivity (Wildman–Crippen MR) is 123 cm³/mol. The maximum Gasteiger partial charge on any atom is 0.326 e. The van der Waals surface area contributed by atoms with Crippen LogP contribution in [0.3, 0.4) is 0 Å². The number of carbonyl (C=O) groups is 2. The molecule has 3 heterocycles. The Labute approximate surface area is 187 Å². The molecule has 0 radical (unpaired) electrons. The number of nitrogens with one attached hydrogen (secondary N) is 1. The molecule has 0 bridgehead atoms. The number of carbonyl (C=O) groups excluding carboxylic acids is 1. The molecule has 1 amide bonds. The number of hydrogen-bond acceptors (Lipinski definition) is 6. The highest BCUT2D eigenvalue weighted by Crippen LogP contribution is 2.23. The van der Waals surface area contributed by atoms with Gasteiger partial charge in [-0.1, -0.05) is 30.3 Å². The number of carboxylic acid groups (broad SMARTS) is 1. The lowest BCUT2D eigenvalue weighted by Gasteiger charge is -2.33. The number of piperidine rings is 1. The Morgan fingerprint density at radius 2 is 1.91 bits per heavy atom. The van der Waals surface area contributed by atoms with Crippen LogP contribution >= 0.6 is 0 Å². The fraction of sp³-hybridized carbons (Fsp3) is 0.375. The first-order chi connectivity index (χ1) is 15.6. The SMILES string of the molecule is O=C(NC(CC1=NC(Cc2ccccc2)N=C1)C(=O)O)C1CCN(c2cccnc2)CC1. The summed E-state index contributed by atoms with van der Waals surface area (Å²) in [5, 5.41) is 12.4. The number of benzene rings is 1. The Kier molecular flexibility index (Phi) is 6.89. The van der Waals surface area contributed by atoms with Gasteiger partial charge in [-0.15, -0.1) is 0 Å². The molecule has 2 atom stereocenters. The van der Waals surface area contributed by atoms with Gasteiger partial charge in [0.25, 0.3) is 0 Å². The molecule has 8 heteroatoms. The van der Waals surface area contributed by atoms with Gasteiger partial charge in [0.1, 0.15) is 12.2 Å². The van der Waals surface area contributed by atoms with Crippen LogP contribution in [-0.2, 0) is 16.0 Å². The average molecular weight is 434 g/mol. The number of pyridine rings is 1. The quantitative estimate of drug-likeness (QED) is 0.665. The fourth-order valence-corrected chi connectivity index (χ4v) is 4.10. The molecular weight excluding hydrogens is 406 g/mol. The number of rotatable bonds is 8. The molecule has 2 aliphatic heterocycles. The molecule has 8 nitrogen and oxygen atoms in total. The molecule has 1 aromatic heterocycles. The van der Waals surface area contributed by atoms with Crippen LogP contribution in [0.5, 0.6) is 0 Å². The molecule has 166 valence electrons. The molecule has 2 N–H and O–H groups in total. The lowest BCUT2D eigenvalue weighted by atomic mass is 9.95. The van der Waals surface area contributed by atoms with Gasteiger partial charge in [-0.2, -0.15) is 0 Å². The van der Waals surface area contributed by atoms with E-state index < -0.39 is 12.0 Å². The number of anilines is 1. The van der Waals surface area contributed by atoms with E-state index in [-0.39, 0.29) is 24.4 Å². The van der Waals surface area contributed by atoms with Crippen molar-refractivity contribution < 1.29 is 14.7 Å². The van der Waals surface area contributed by atoms with Crippen LogP contribution < -0.4 is 10.2 Å². The Morgan fingerprint density at radius 1 is 1.12 bits per heavy atom. The zero-order chi connectivity index (χ0) is 22.3. The molecule has 1 aromatic carbocycles. The summed E-state index contributed by atoms with van der Waals surface area (Å²) in [6.07, 6.45) is 7.08. The second kappa shape index (κ2) is 10.2. The number of carboxylic acids is 1. The van der Waals surface area contributed by atoms with E-state index in [0.29, 0.717) is 25.0 Å². The van der Waals surface area contributed by atoms with Gasteiger partial charge >= 0.3 is 5.97 Å². The summed E-state index contributed by atoms with van der Waals surface area (Å²) in [6.45, 7) is 1.48. The van der Waals surface area contributed by atoms with E-state index in [1.54, 1.807) is 12.4 Å². The van der Waals surface area contributed by atoms with Crippen molar-refractivity contribution in [3.05, 3.63) is 60.4 Å². The highest BCUT2D eigenvalue weighted by molar-refractivity contribution is 6.32. The van der Waals surface area contributed by atoms with E-state index in [1.807, 2.05) is 48.7 Å². The number of aliphatic carboxylic acids is 1. The number of nitrogens with zero attached hydrogens (tertiary/aromatic N) is 4. The maximum absolute atomic E-state index is 12.8. The van der Waals surface area contributed by atoms with Crippen LogP contribution in [0, 0.1) is 5.92 Å². The summed E-state index contributed by atoms with van der Waals surface area (Å²) >= 11 is 0. The van der Waals surface area contributed by atoms with E-state index in [9.17, 15) is 14.7 Å². The minimum atomic E-state index is -1.06. The van der Waals surface area contributed by atoms with Crippen LogP contribution in [0.2, 0.25) is 0 Å². The zero-order valence-electron chi connectivity index (χ0n) is 17.8. The van der Waals surface area contributed by atoms with Gasteiger partial charge in [0.15, 0.2) is 0 Å². The van der Waals surface area contributed by atoms with Crippen molar-refractivity contribution in [3.8, 4) is 0 Å². The number of aliphatic imine (C=N–C) groups is 2. The Balaban J connectivity index is 1.29. The summed E-state index contributed by atoms with van der Waals surface area (Å²) < 4.78 is 0. The van der Waals surface area contributed by atoms with E-state index >= 15 is 0 Å². The first kappa shape index (κ1) is 21.7. The fourth-order valence-electron chi connectivity index (χ4n) is 4.10. The third kappa shape index (κ3) is 5.57. The van der Waals surface area contributed by atoms with Crippen LogP contribution in [0.25, 0.3) is 0 Å². The first-order valence-corrected chi connectivity index (χ1v) is 10.9. The van der Waals surface area contributed by atoms with Gasteiger partial charge in [-0.25, -0.2) is 4.79 Å². The topological polar surface area (TPSA) is 107 Å². The van der Waals surface area contributed by atoms with Crippen molar-refractivity contribution >= 4 is 29.5 Å². The smallest absolute Gasteiger partial charge is 0.326 e. The van der Waals surface area contributed by atoms with E-state index in [0.717, 1.165) is 24.3 Å². The van der Waals surface area contributed by atoms with Crippen molar-refractivity contribution in [2.75, 3.05) is 18.0 Å². The molecular formula is C24H27N5O3. The molecule has 4 rings (SSSR count). The van der Waals surface area contributed by atoms with Gasteiger partial charge in [0.05, 0.1) is 17.6 Å². The number of aromatic nitrogens is 1. The second-order valence-corrected chi connectivity index (χ2v) is 8.15. The lowest BCUT2D eigenvalue weighted by molar-refractivity contribution is -0.142. The zero-order valence-corrected chi connectivity index (χ0v) is 17.8. The van der Waals surface area contributed by atoms with E-state index in [1.165, 1.54) is 0 Å². The Bertz CT molecular complexity index is 985. The monoisotopic (exact) mass is 433 g/mol. The maximum atomic E-state index is 12.8. The molecule has 0 saturated carbocycles. The predicted octanol–water partition coefficient (Wildman–Crippen LogP) is 2.35. The highest BCUT2D eigenvalue weighted by Gasteiger charge is 2.30. The van der Waals surface area contributed by atoms with Crippen molar-refractivity contribution in [1.29, 1.82) is 0 Å². The summed E-state index contributed by atoms with van der Waals surface area (Å²) in [5.74, 6) is -1.47. The van der Waals surface area contributed by atoms with Gasteiger partial charge < -0.3 is 15.3 Å². The summed E-state index contributed by atoms with van der Waals surface area (Å²) in [5.41, 5.74) is 2.77. The third-order valence-electron chi connectivity index (χ3n) is 5.88. The van der Waals surface area contributed by atoms with Gasteiger partial charge in [-0.05, 0) is 30.5 Å². The Morgan fingerprint density at radius 3 is 2.59 bits per heavy atom. The highest BCUT2D eigenvalue weighted by atomic mass is 16.4.